The Kier molecular flexibility index (Phi) is 5.27. The fraction of sp³-hybridized carbons (Fsp3) is 0.846. The molecular formula is C13H23NO2. The summed E-state index contributed by atoms with van der Waals surface area (Å²) in [5.74, 6) is 2.55. The number of nitrogens with zero attached hydrogens (tertiary/aromatic N) is 1. The molecule has 1 N–H and O–H groups in total. The van der Waals surface area contributed by atoms with Crippen LogP contribution in [0.5, 0.6) is 0 Å². The van der Waals surface area contributed by atoms with Gasteiger partial charge in [-0.1, -0.05) is 12.3 Å². The summed E-state index contributed by atoms with van der Waals surface area (Å²) >= 11 is 0. The molecule has 3 nitrogen and oxygen atoms in total. The van der Waals surface area contributed by atoms with E-state index in [1.165, 1.54) is 19.3 Å². The number of terminal acetylenes is 1. The van der Waals surface area contributed by atoms with Gasteiger partial charge in [0.05, 0.1) is 12.7 Å². The van der Waals surface area contributed by atoms with Crippen molar-refractivity contribution < 1.29 is 9.84 Å². The summed E-state index contributed by atoms with van der Waals surface area (Å²) in [5, 5.41) is 9.83. The highest BCUT2D eigenvalue weighted by atomic mass is 16.5. The normalized spacial score (nSPS) is 20.4. The molecule has 0 aliphatic carbocycles. The van der Waals surface area contributed by atoms with Crippen LogP contribution in [0.1, 0.15) is 33.1 Å². The second-order valence-electron chi connectivity index (χ2n) is 4.98. The highest BCUT2D eigenvalue weighted by Gasteiger charge is 2.19. The molecule has 3 heteroatoms. The number of aliphatic hydroxyl groups excluding tert-OH is 1. The average molecular weight is 225 g/mol. The van der Waals surface area contributed by atoms with Gasteiger partial charge in [0, 0.05) is 6.54 Å². The lowest BCUT2D eigenvalue weighted by molar-refractivity contribution is -0.0386. The highest BCUT2D eigenvalue weighted by Crippen LogP contribution is 2.11. The van der Waals surface area contributed by atoms with E-state index in [0.29, 0.717) is 13.2 Å². The standard InChI is InChI=1S/C13H23NO2/c1-4-13(2,3)16-11-12(15)10-14-8-6-5-7-9-14/h1,12,15H,5-11H2,2-3H3/t12-/m1/s1. The Morgan fingerprint density at radius 1 is 1.38 bits per heavy atom. The molecule has 1 saturated heterocycles. The summed E-state index contributed by atoms with van der Waals surface area (Å²) < 4.78 is 5.47. The van der Waals surface area contributed by atoms with Crippen molar-refractivity contribution in [3.8, 4) is 12.3 Å². The third kappa shape index (κ3) is 4.98. The summed E-state index contributed by atoms with van der Waals surface area (Å²) in [4.78, 5) is 2.29. The Bertz CT molecular complexity index is 239. The minimum Gasteiger partial charge on any atom is -0.389 e. The topological polar surface area (TPSA) is 32.7 Å². The molecule has 0 aromatic heterocycles. The summed E-state index contributed by atoms with van der Waals surface area (Å²) in [6.07, 6.45) is 8.66. The van der Waals surface area contributed by atoms with E-state index in [0.717, 1.165) is 13.1 Å². The minimum atomic E-state index is -0.580. The minimum absolute atomic E-state index is 0.313. The number of piperidine rings is 1. The number of rotatable bonds is 5. The van der Waals surface area contributed by atoms with Crippen LogP contribution in [0.2, 0.25) is 0 Å². The van der Waals surface area contributed by atoms with Gasteiger partial charge in [-0.15, -0.1) is 6.42 Å². The summed E-state index contributed by atoms with van der Waals surface area (Å²) in [6.45, 7) is 6.86. The predicted octanol–water partition coefficient (Wildman–Crippen LogP) is 1.26. The van der Waals surface area contributed by atoms with Gasteiger partial charge in [0.1, 0.15) is 5.60 Å². The summed E-state index contributed by atoms with van der Waals surface area (Å²) in [7, 11) is 0. The van der Waals surface area contributed by atoms with Gasteiger partial charge in [0.2, 0.25) is 0 Å². The lowest BCUT2D eigenvalue weighted by atomic mass is 10.1. The Morgan fingerprint density at radius 3 is 2.56 bits per heavy atom. The van der Waals surface area contributed by atoms with E-state index in [9.17, 15) is 5.11 Å². The fourth-order valence-electron chi connectivity index (χ4n) is 1.84. The van der Waals surface area contributed by atoms with Crippen LogP contribution in [-0.2, 0) is 4.74 Å². The molecule has 1 rings (SSSR count). The van der Waals surface area contributed by atoms with Crippen LogP contribution >= 0.6 is 0 Å². The molecule has 1 fully saturated rings. The number of likely N-dealkylation sites (tertiary alicyclic amines) is 1. The van der Waals surface area contributed by atoms with Gasteiger partial charge >= 0.3 is 0 Å². The van der Waals surface area contributed by atoms with Crippen molar-refractivity contribution in [3.05, 3.63) is 0 Å². The fourth-order valence-corrected chi connectivity index (χ4v) is 1.84. The Labute approximate surface area is 98.8 Å². The first-order valence-corrected chi connectivity index (χ1v) is 6.05. The Balaban J connectivity index is 2.20. The quantitative estimate of drug-likeness (QED) is 0.715. The molecule has 0 saturated carbocycles. The van der Waals surface area contributed by atoms with Crippen molar-refractivity contribution in [2.24, 2.45) is 0 Å². The molecule has 16 heavy (non-hydrogen) atoms. The van der Waals surface area contributed by atoms with Gasteiger partial charge in [-0.05, 0) is 39.8 Å². The van der Waals surface area contributed by atoms with E-state index in [1.807, 2.05) is 13.8 Å². The maximum Gasteiger partial charge on any atom is 0.122 e. The Hall–Kier alpha value is -0.560. The molecule has 0 aromatic carbocycles. The third-order valence-corrected chi connectivity index (χ3v) is 2.90. The Morgan fingerprint density at radius 2 is 2.00 bits per heavy atom. The second-order valence-corrected chi connectivity index (χ2v) is 4.98. The maximum absolute atomic E-state index is 9.83. The van der Waals surface area contributed by atoms with Crippen LogP contribution in [0.15, 0.2) is 0 Å². The first-order chi connectivity index (χ1) is 7.53. The lowest BCUT2D eigenvalue weighted by Crippen LogP contribution is -2.39. The average Bonchev–Trinajstić information content (AvgIpc) is 2.28. The van der Waals surface area contributed by atoms with E-state index in [-0.39, 0.29) is 0 Å². The second kappa shape index (κ2) is 6.24. The smallest absolute Gasteiger partial charge is 0.122 e. The van der Waals surface area contributed by atoms with Crippen LogP contribution in [0.4, 0.5) is 0 Å². The molecule has 0 aromatic rings. The third-order valence-electron chi connectivity index (χ3n) is 2.90. The molecule has 0 bridgehead atoms. The molecule has 1 aliphatic rings. The maximum atomic E-state index is 9.83. The zero-order valence-electron chi connectivity index (χ0n) is 10.4. The van der Waals surface area contributed by atoms with Gasteiger partial charge < -0.3 is 14.7 Å². The zero-order chi connectivity index (χ0) is 12.0. The van der Waals surface area contributed by atoms with Crippen molar-refractivity contribution in [1.82, 2.24) is 4.90 Å². The van der Waals surface area contributed by atoms with E-state index in [2.05, 4.69) is 10.8 Å². The molecular weight excluding hydrogens is 202 g/mol. The van der Waals surface area contributed by atoms with E-state index >= 15 is 0 Å². The molecule has 0 spiro atoms. The summed E-state index contributed by atoms with van der Waals surface area (Å²) in [6, 6.07) is 0. The highest BCUT2D eigenvalue weighted by molar-refractivity contribution is 5.02. The van der Waals surface area contributed by atoms with Gasteiger partial charge in [-0.2, -0.15) is 0 Å². The van der Waals surface area contributed by atoms with Crippen LogP contribution in [0, 0.1) is 12.3 Å². The number of hydrogen-bond donors (Lipinski definition) is 1. The van der Waals surface area contributed by atoms with E-state index in [1.54, 1.807) is 0 Å². The number of aliphatic hydroxyl groups is 1. The van der Waals surface area contributed by atoms with Gasteiger partial charge in [0.15, 0.2) is 0 Å². The van der Waals surface area contributed by atoms with Crippen LogP contribution in [-0.4, -0.2) is 48.0 Å². The zero-order valence-corrected chi connectivity index (χ0v) is 10.4. The molecule has 0 amide bonds. The van der Waals surface area contributed by atoms with Crippen LogP contribution < -0.4 is 0 Å². The van der Waals surface area contributed by atoms with Crippen LogP contribution in [0.25, 0.3) is 0 Å². The molecule has 0 unspecified atom stereocenters. The van der Waals surface area contributed by atoms with Crippen molar-refractivity contribution >= 4 is 0 Å². The number of hydrogen-bond acceptors (Lipinski definition) is 3. The van der Waals surface area contributed by atoms with Gasteiger partial charge in [-0.25, -0.2) is 0 Å². The van der Waals surface area contributed by atoms with Gasteiger partial charge in [0.25, 0.3) is 0 Å². The SMILES string of the molecule is C#CC(C)(C)OC[C@H](O)CN1CCCCC1. The molecule has 1 aliphatic heterocycles. The van der Waals surface area contributed by atoms with Gasteiger partial charge in [-0.3, -0.25) is 0 Å². The van der Waals surface area contributed by atoms with E-state index < -0.39 is 11.7 Å². The monoisotopic (exact) mass is 225 g/mol. The van der Waals surface area contributed by atoms with Crippen molar-refractivity contribution in [3.63, 3.8) is 0 Å². The molecule has 92 valence electrons. The largest absolute Gasteiger partial charge is 0.389 e. The lowest BCUT2D eigenvalue weighted by Gasteiger charge is -2.29. The number of β-amino-alcohol motifs (C(OH)–C–C–N with tert-alkyl or cyclic N) is 1. The summed E-state index contributed by atoms with van der Waals surface area (Å²) in [5.41, 5.74) is -0.580. The van der Waals surface area contributed by atoms with E-state index in [4.69, 9.17) is 11.2 Å². The van der Waals surface area contributed by atoms with Crippen molar-refractivity contribution in [2.45, 2.75) is 44.8 Å². The number of ether oxygens (including phenoxy) is 1. The van der Waals surface area contributed by atoms with Crippen molar-refractivity contribution in [2.75, 3.05) is 26.2 Å². The predicted molar refractivity (Wildman–Crippen MR) is 65.2 cm³/mol. The van der Waals surface area contributed by atoms with Crippen LogP contribution in [0.3, 0.4) is 0 Å². The van der Waals surface area contributed by atoms with Crippen molar-refractivity contribution in [1.29, 1.82) is 0 Å². The molecule has 0 radical (unpaired) electrons. The first-order valence-electron chi connectivity index (χ1n) is 6.05. The first kappa shape index (κ1) is 13.5. The molecule has 1 atom stereocenters. The molecule has 1 heterocycles.